The first-order chi connectivity index (χ1) is 8.78. The fraction of sp³-hybridized carbons (Fsp3) is 0.556. The van der Waals surface area contributed by atoms with Crippen LogP contribution < -0.4 is 11.2 Å². The fourth-order valence-corrected chi connectivity index (χ4v) is 1.78. The number of H-pyrrole nitrogens is 1. The van der Waals surface area contributed by atoms with E-state index < -0.39 is 48.0 Å². The summed E-state index contributed by atoms with van der Waals surface area (Å²) in [5.41, 5.74) is -2.56. The van der Waals surface area contributed by atoms with Gasteiger partial charge < -0.3 is 20.1 Å². The topological polar surface area (TPSA) is 125 Å². The Morgan fingerprint density at radius 3 is 2.68 bits per heavy atom. The van der Waals surface area contributed by atoms with E-state index in [9.17, 15) is 28.6 Å². The Kier molecular flexibility index (Phi) is 3.26. The standard InChI is InChI=1S/C9H10F2N2O6/c10-3-1-13(8(17)12-6(3)16)7-9(11,18)5(15)4(2-14)19-7/h1,4-5,7,14-15,18H,2H2,(H,12,16,17)/t4-,5-,7-,9-/m1/s1. The largest absolute Gasteiger partial charge is 0.394 e. The third-order valence-corrected chi connectivity index (χ3v) is 2.77. The van der Waals surface area contributed by atoms with E-state index in [2.05, 4.69) is 0 Å². The van der Waals surface area contributed by atoms with E-state index in [0.717, 1.165) is 0 Å². The molecule has 1 aromatic heterocycles. The minimum atomic E-state index is -3.43. The van der Waals surface area contributed by atoms with Crippen LogP contribution in [-0.4, -0.2) is 49.5 Å². The highest BCUT2D eigenvalue weighted by Gasteiger charge is 2.57. The molecule has 106 valence electrons. The van der Waals surface area contributed by atoms with Crippen molar-refractivity contribution in [3.05, 3.63) is 32.9 Å². The van der Waals surface area contributed by atoms with Gasteiger partial charge in [0.05, 0.1) is 12.8 Å². The van der Waals surface area contributed by atoms with E-state index in [-0.39, 0.29) is 4.57 Å². The molecule has 8 nitrogen and oxygen atoms in total. The molecule has 10 heteroatoms. The zero-order valence-electron chi connectivity index (χ0n) is 9.29. The van der Waals surface area contributed by atoms with Crippen molar-refractivity contribution in [1.82, 2.24) is 9.55 Å². The minimum Gasteiger partial charge on any atom is -0.394 e. The Morgan fingerprint density at radius 1 is 1.53 bits per heavy atom. The minimum absolute atomic E-state index is 0.246. The van der Waals surface area contributed by atoms with Gasteiger partial charge in [-0.1, -0.05) is 0 Å². The van der Waals surface area contributed by atoms with Crippen molar-refractivity contribution in [2.75, 3.05) is 6.61 Å². The predicted octanol–water partition coefficient (Wildman–Crippen LogP) is -2.42. The molecular formula is C9H10F2N2O6. The molecule has 4 N–H and O–H groups in total. The van der Waals surface area contributed by atoms with Gasteiger partial charge in [0.1, 0.15) is 12.2 Å². The highest BCUT2D eigenvalue weighted by atomic mass is 19.2. The zero-order chi connectivity index (χ0) is 14.4. The second-order valence-corrected chi connectivity index (χ2v) is 4.03. The van der Waals surface area contributed by atoms with Gasteiger partial charge in [0.15, 0.2) is 6.23 Å². The van der Waals surface area contributed by atoms with E-state index in [4.69, 9.17) is 9.84 Å². The number of rotatable bonds is 2. The maximum atomic E-state index is 13.9. The number of hydrogen-bond donors (Lipinski definition) is 4. The summed E-state index contributed by atoms with van der Waals surface area (Å²) >= 11 is 0. The Balaban J connectivity index is 2.51. The molecule has 2 heterocycles. The third kappa shape index (κ3) is 2.08. The van der Waals surface area contributed by atoms with Gasteiger partial charge >= 0.3 is 5.69 Å². The maximum Gasteiger partial charge on any atom is 0.330 e. The molecule has 0 unspecified atom stereocenters. The average Bonchev–Trinajstić information content (AvgIpc) is 2.56. The number of alkyl halides is 1. The van der Waals surface area contributed by atoms with Gasteiger partial charge in [-0.15, -0.1) is 0 Å². The predicted molar refractivity (Wildman–Crippen MR) is 54.3 cm³/mol. The molecular weight excluding hydrogens is 270 g/mol. The monoisotopic (exact) mass is 280 g/mol. The Morgan fingerprint density at radius 2 is 2.16 bits per heavy atom. The number of ether oxygens (including phenoxy) is 1. The molecule has 0 radical (unpaired) electrons. The van der Waals surface area contributed by atoms with Crippen molar-refractivity contribution in [3.8, 4) is 0 Å². The SMILES string of the molecule is O=c1[nH]c(=O)n([C@@H]2O[C@H](CO)[C@@H](O)[C@]2(O)F)cc1F. The summed E-state index contributed by atoms with van der Waals surface area (Å²) in [7, 11) is 0. The zero-order valence-corrected chi connectivity index (χ0v) is 9.29. The lowest BCUT2D eigenvalue weighted by atomic mass is 10.1. The van der Waals surface area contributed by atoms with Crippen LogP contribution in [0.15, 0.2) is 15.8 Å². The lowest BCUT2D eigenvalue weighted by Gasteiger charge is -2.23. The van der Waals surface area contributed by atoms with Crippen LogP contribution in [0.2, 0.25) is 0 Å². The summed E-state index contributed by atoms with van der Waals surface area (Å²) < 4.78 is 32.0. The number of hydrogen-bond acceptors (Lipinski definition) is 6. The molecule has 0 aliphatic carbocycles. The number of aliphatic hydroxyl groups is 3. The first kappa shape index (κ1) is 13.8. The number of nitrogens with zero attached hydrogens (tertiary/aromatic N) is 1. The van der Waals surface area contributed by atoms with Crippen molar-refractivity contribution < 1.29 is 28.8 Å². The normalized spacial score (nSPS) is 34.7. The van der Waals surface area contributed by atoms with Gasteiger partial charge in [0.25, 0.3) is 11.4 Å². The number of aliphatic hydroxyl groups excluding tert-OH is 2. The van der Waals surface area contributed by atoms with Crippen molar-refractivity contribution in [2.45, 2.75) is 24.3 Å². The molecule has 0 saturated carbocycles. The van der Waals surface area contributed by atoms with Gasteiger partial charge in [0, 0.05) is 0 Å². The van der Waals surface area contributed by atoms with Gasteiger partial charge in [-0.25, -0.2) is 9.18 Å². The summed E-state index contributed by atoms with van der Waals surface area (Å²) in [6.45, 7) is -0.829. The lowest BCUT2D eigenvalue weighted by Crippen LogP contribution is -2.46. The van der Waals surface area contributed by atoms with E-state index in [1.54, 1.807) is 4.98 Å². The highest BCUT2D eigenvalue weighted by Crippen LogP contribution is 2.38. The van der Waals surface area contributed by atoms with Crippen LogP contribution in [0, 0.1) is 5.82 Å². The summed E-state index contributed by atoms with van der Waals surface area (Å²) in [5, 5.41) is 27.6. The molecule has 1 fully saturated rings. The number of nitrogens with one attached hydrogen (secondary N) is 1. The second-order valence-electron chi connectivity index (χ2n) is 4.03. The van der Waals surface area contributed by atoms with Crippen LogP contribution >= 0.6 is 0 Å². The molecule has 0 amide bonds. The van der Waals surface area contributed by atoms with Crippen LogP contribution in [-0.2, 0) is 4.74 Å². The first-order valence-electron chi connectivity index (χ1n) is 5.15. The van der Waals surface area contributed by atoms with Gasteiger partial charge in [-0.3, -0.25) is 14.3 Å². The molecule has 0 aromatic carbocycles. The van der Waals surface area contributed by atoms with E-state index in [1.807, 2.05) is 0 Å². The van der Waals surface area contributed by atoms with Crippen molar-refractivity contribution in [3.63, 3.8) is 0 Å². The fourth-order valence-electron chi connectivity index (χ4n) is 1.78. The molecule has 0 spiro atoms. The third-order valence-electron chi connectivity index (χ3n) is 2.77. The molecule has 1 aliphatic heterocycles. The van der Waals surface area contributed by atoms with Crippen LogP contribution in [0.3, 0.4) is 0 Å². The first-order valence-corrected chi connectivity index (χ1v) is 5.15. The van der Waals surface area contributed by atoms with E-state index in [0.29, 0.717) is 6.20 Å². The van der Waals surface area contributed by atoms with Gasteiger partial charge in [-0.05, 0) is 0 Å². The second kappa shape index (κ2) is 4.49. The molecule has 1 aromatic rings. The maximum absolute atomic E-state index is 13.9. The van der Waals surface area contributed by atoms with Gasteiger partial charge in [0.2, 0.25) is 5.82 Å². The molecule has 1 aliphatic rings. The van der Waals surface area contributed by atoms with E-state index in [1.165, 1.54) is 0 Å². The molecule has 4 atom stereocenters. The van der Waals surface area contributed by atoms with E-state index >= 15 is 0 Å². The smallest absolute Gasteiger partial charge is 0.330 e. The van der Waals surface area contributed by atoms with Crippen LogP contribution in [0.25, 0.3) is 0 Å². The van der Waals surface area contributed by atoms with Crippen molar-refractivity contribution in [1.29, 1.82) is 0 Å². The summed E-state index contributed by atoms with van der Waals surface area (Å²) in [4.78, 5) is 23.8. The molecule has 19 heavy (non-hydrogen) atoms. The van der Waals surface area contributed by atoms with Crippen LogP contribution in [0.4, 0.5) is 8.78 Å². The van der Waals surface area contributed by atoms with Gasteiger partial charge in [-0.2, -0.15) is 4.39 Å². The van der Waals surface area contributed by atoms with Crippen LogP contribution in [0.5, 0.6) is 0 Å². The summed E-state index contributed by atoms with van der Waals surface area (Å²) in [6.07, 6.45) is -5.40. The molecule has 0 bridgehead atoms. The summed E-state index contributed by atoms with van der Waals surface area (Å²) in [5.74, 6) is -4.83. The number of aromatic nitrogens is 2. The van der Waals surface area contributed by atoms with Crippen molar-refractivity contribution in [2.24, 2.45) is 0 Å². The Bertz CT molecular complexity index is 597. The Hall–Kier alpha value is -1.62. The van der Waals surface area contributed by atoms with Crippen LogP contribution in [0.1, 0.15) is 6.23 Å². The Labute approximate surface area is 103 Å². The lowest BCUT2D eigenvalue weighted by molar-refractivity contribution is -0.197. The quantitative estimate of drug-likeness (QED) is 0.478. The highest BCUT2D eigenvalue weighted by molar-refractivity contribution is 4.98. The molecule has 1 saturated heterocycles. The average molecular weight is 280 g/mol. The summed E-state index contributed by atoms with van der Waals surface area (Å²) in [6, 6.07) is 0. The number of halogens is 2. The molecule has 2 rings (SSSR count). The van der Waals surface area contributed by atoms with Crippen molar-refractivity contribution >= 4 is 0 Å². The number of aromatic amines is 1.